The predicted molar refractivity (Wildman–Crippen MR) is 118 cm³/mol. The first kappa shape index (κ1) is 21.6. The van der Waals surface area contributed by atoms with E-state index in [4.69, 9.17) is 0 Å². The maximum Gasteiger partial charge on any atom is 0.267 e. The van der Waals surface area contributed by atoms with E-state index in [1.807, 2.05) is 0 Å². The Bertz CT molecular complexity index is 1430. The lowest BCUT2D eigenvalue weighted by Crippen LogP contribution is -2.24. The largest absolute Gasteiger partial charge is 0.268 e. The summed E-state index contributed by atoms with van der Waals surface area (Å²) in [5.74, 6) is -0.790. The van der Waals surface area contributed by atoms with E-state index in [0.717, 1.165) is 6.26 Å². The highest BCUT2D eigenvalue weighted by molar-refractivity contribution is 7.90. The third-order valence-corrected chi connectivity index (χ3v) is 6.08. The van der Waals surface area contributed by atoms with Crippen LogP contribution in [0.15, 0.2) is 88.6 Å². The molecule has 4 aromatic rings. The summed E-state index contributed by atoms with van der Waals surface area (Å²) in [6, 6.07) is 19.0. The number of hydrogen-bond donors (Lipinski definition) is 0. The third kappa shape index (κ3) is 4.65. The Hall–Kier alpha value is -3.65. The number of hydrogen-bond acceptors (Lipinski definition) is 4. The molecule has 0 aliphatic rings. The Balaban J connectivity index is 1.85. The molecule has 3 aromatic carbocycles. The van der Waals surface area contributed by atoms with Crippen molar-refractivity contribution in [1.82, 2.24) is 9.78 Å². The van der Waals surface area contributed by atoms with Crippen LogP contribution in [0, 0.1) is 11.6 Å². The van der Waals surface area contributed by atoms with Crippen LogP contribution in [0.5, 0.6) is 0 Å². The summed E-state index contributed by atoms with van der Waals surface area (Å²) in [5.41, 5.74) is 2.39. The van der Waals surface area contributed by atoms with Crippen LogP contribution in [0.1, 0.15) is 5.56 Å². The molecule has 1 aromatic heterocycles. The van der Waals surface area contributed by atoms with Gasteiger partial charge in [0.1, 0.15) is 11.6 Å². The highest BCUT2D eigenvalue weighted by Crippen LogP contribution is 2.30. The van der Waals surface area contributed by atoms with E-state index >= 15 is 0 Å². The molecule has 5 nitrogen and oxygen atoms in total. The van der Waals surface area contributed by atoms with E-state index in [1.165, 1.54) is 47.1 Å². The summed E-state index contributed by atoms with van der Waals surface area (Å²) in [7, 11) is -3.37. The zero-order valence-corrected chi connectivity index (χ0v) is 17.8. The molecule has 0 N–H and O–H groups in total. The van der Waals surface area contributed by atoms with Crippen LogP contribution in [0.2, 0.25) is 0 Å². The van der Waals surface area contributed by atoms with Gasteiger partial charge in [0, 0.05) is 23.4 Å². The first-order valence-corrected chi connectivity index (χ1v) is 11.5. The van der Waals surface area contributed by atoms with E-state index < -0.39 is 15.7 Å². The minimum absolute atomic E-state index is 0.126. The van der Waals surface area contributed by atoms with Crippen molar-refractivity contribution >= 4 is 9.84 Å². The highest BCUT2D eigenvalue weighted by atomic mass is 32.2. The van der Waals surface area contributed by atoms with Gasteiger partial charge in [0.2, 0.25) is 0 Å². The molecule has 4 rings (SSSR count). The van der Waals surface area contributed by atoms with E-state index in [9.17, 15) is 22.0 Å². The average molecular weight is 452 g/mol. The van der Waals surface area contributed by atoms with E-state index in [1.54, 1.807) is 36.4 Å². The van der Waals surface area contributed by atoms with Crippen LogP contribution in [0.4, 0.5) is 8.78 Å². The lowest BCUT2D eigenvalue weighted by molar-refractivity contribution is 0.602. The van der Waals surface area contributed by atoms with Gasteiger partial charge in [0.05, 0.1) is 17.1 Å². The van der Waals surface area contributed by atoms with Gasteiger partial charge in [0.15, 0.2) is 9.84 Å². The van der Waals surface area contributed by atoms with Crippen molar-refractivity contribution in [3.8, 4) is 22.4 Å². The van der Waals surface area contributed by atoms with Crippen molar-refractivity contribution in [1.29, 1.82) is 0 Å². The van der Waals surface area contributed by atoms with Gasteiger partial charge >= 0.3 is 0 Å². The number of aromatic nitrogens is 2. The Morgan fingerprint density at radius 2 is 1.34 bits per heavy atom. The monoisotopic (exact) mass is 452 g/mol. The molecular weight excluding hydrogens is 434 g/mol. The zero-order valence-electron chi connectivity index (χ0n) is 17.0. The predicted octanol–water partition coefficient (Wildman–Crippen LogP) is 4.31. The van der Waals surface area contributed by atoms with Gasteiger partial charge in [-0.2, -0.15) is 5.10 Å². The summed E-state index contributed by atoms with van der Waals surface area (Å²) in [6.07, 6.45) is 1.12. The molecule has 8 heteroatoms. The molecule has 0 saturated carbocycles. The minimum Gasteiger partial charge on any atom is -0.268 e. The first-order valence-electron chi connectivity index (χ1n) is 9.64. The Kier molecular flexibility index (Phi) is 5.71. The second-order valence-corrected chi connectivity index (χ2v) is 9.35. The standard InChI is InChI=1S/C24H18F2N2O3S/c1-32(30,31)21-12-6-17(7-13-21)22-14-23(29)28(15-16-2-8-19(25)9-3-16)27-24(22)18-4-10-20(26)11-5-18/h2-14H,15H2,1H3. The lowest BCUT2D eigenvalue weighted by Gasteiger charge is -2.13. The first-order chi connectivity index (χ1) is 15.2. The molecular formula is C24H18F2N2O3S. The zero-order chi connectivity index (χ0) is 22.9. The third-order valence-electron chi connectivity index (χ3n) is 4.95. The molecule has 0 amide bonds. The van der Waals surface area contributed by atoms with Crippen LogP contribution < -0.4 is 5.56 Å². The molecule has 0 spiro atoms. The molecule has 0 bridgehead atoms. The van der Waals surface area contributed by atoms with E-state index in [0.29, 0.717) is 27.9 Å². The molecule has 0 saturated heterocycles. The van der Waals surface area contributed by atoms with Crippen LogP contribution in [0.25, 0.3) is 22.4 Å². The van der Waals surface area contributed by atoms with Crippen LogP contribution in [-0.2, 0) is 16.4 Å². The normalized spacial score (nSPS) is 11.5. The van der Waals surface area contributed by atoms with Crippen molar-refractivity contribution in [2.45, 2.75) is 11.4 Å². The van der Waals surface area contributed by atoms with Gasteiger partial charge in [-0.05, 0) is 59.7 Å². The SMILES string of the molecule is CS(=O)(=O)c1ccc(-c2cc(=O)n(Cc3ccc(F)cc3)nc2-c2ccc(F)cc2)cc1. The van der Waals surface area contributed by atoms with Gasteiger partial charge in [-0.1, -0.05) is 24.3 Å². The average Bonchev–Trinajstić information content (AvgIpc) is 2.76. The van der Waals surface area contributed by atoms with Crippen molar-refractivity contribution in [3.63, 3.8) is 0 Å². The maximum absolute atomic E-state index is 13.5. The second-order valence-electron chi connectivity index (χ2n) is 7.33. The number of rotatable bonds is 5. The molecule has 32 heavy (non-hydrogen) atoms. The topological polar surface area (TPSA) is 69.0 Å². The molecule has 1 heterocycles. The van der Waals surface area contributed by atoms with E-state index in [2.05, 4.69) is 5.10 Å². The van der Waals surface area contributed by atoms with Gasteiger partial charge in [-0.15, -0.1) is 0 Å². The summed E-state index contributed by atoms with van der Waals surface area (Å²) >= 11 is 0. The fourth-order valence-electron chi connectivity index (χ4n) is 3.29. The molecule has 0 unspecified atom stereocenters. The van der Waals surface area contributed by atoms with Gasteiger partial charge < -0.3 is 0 Å². The molecule has 0 atom stereocenters. The maximum atomic E-state index is 13.5. The summed E-state index contributed by atoms with van der Waals surface area (Å²) in [4.78, 5) is 13.0. The van der Waals surface area contributed by atoms with E-state index in [-0.39, 0.29) is 22.8 Å². The van der Waals surface area contributed by atoms with Crippen LogP contribution >= 0.6 is 0 Å². The lowest BCUT2D eigenvalue weighted by atomic mass is 10.00. The molecule has 162 valence electrons. The van der Waals surface area contributed by atoms with Gasteiger partial charge in [-0.25, -0.2) is 21.9 Å². The smallest absolute Gasteiger partial charge is 0.267 e. The van der Waals surface area contributed by atoms with Crippen molar-refractivity contribution in [2.24, 2.45) is 0 Å². The molecule has 0 fully saturated rings. The van der Waals surface area contributed by atoms with Gasteiger partial charge in [-0.3, -0.25) is 4.79 Å². The Morgan fingerprint density at radius 1 is 0.812 bits per heavy atom. The molecule has 0 radical (unpaired) electrons. The van der Waals surface area contributed by atoms with Gasteiger partial charge in [0.25, 0.3) is 5.56 Å². The summed E-state index contributed by atoms with van der Waals surface area (Å²) < 4.78 is 51.5. The van der Waals surface area contributed by atoms with Crippen molar-refractivity contribution in [2.75, 3.05) is 6.26 Å². The van der Waals surface area contributed by atoms with Crippen molar-refractivity contribution < 1.29 is 17.2 Å². The van der Waals surface area contributed by atoms with Crippen LogP contribution in [-0.4, -0.2) is 24.5 Å². The highest BCUT2D eigenvalue weighted by Gasteiger charge is 2.15. The minimum atomic E-state index is -3.37. The molecule has 0 aliphatic heterocycles. The number of benzene rings is 3. The quantitative estimate of drug-likeness (QED) is 0.453. The summed E-state index contributed by atoms with van der Waals surface area (Å²) in [6.45, 7) is 0.126. The number of nitrogens with zero attached hydrogens (tertiary/aromatic N) is 2. The van der Waals surface area contributed by atoms with Crippen LogP contribution in [0.3, 0.4) is 0 Å². The second kappa shape index (κ2) is 8.47. The summed E-state index contributed by atoms with van der Waals surface area (Å²) in [5, 5.41) is 4.51. The Morgan fingerprint density at radius 3 is 1.91 bits per heavy atom. The Labute approximate surface area is 183 Å². The fraction of sp³-hybridized carbons (Fsp3) is 0.0833. The molecule has 0 aliphatic carbocycles. The number of halogens is 2. The van der Waals surface area contributed by atoms with Crippen molar-refractivity contribution in [3.05, 3.63) is 106 Å². The number of sulfone groups is 1. The fourth-order valence-corrected chi connectivity index (χ4v) is 3.92.